The SMILES string of the molecule is CC(CC#N)c1ccc(C(F)(F)F)nc1. The Morgan fingerprint density at radius 1 is 1.47 bits per heavy atom. The van der Waals surface area contributed by atoms with E-state index >= 15 is 0 Å². The second-order valence-corrected chi connectivity index (χ2v) is 3.24. The van der Waals surface area contributed by atoms with Gasteiger partial charge in [-0.2, -0.15) is 18.4 Å². The van der Waals surface area contributed by atoms with Crippen LogP contribution in [-0.2, 0) is 6.18 Å². The number of nitrogens with zero attached hydrogens (tertiary/aromatic N) is 2. The van der Waals surface area contributed by atoms with Crippen LogP contribution in [0.5, 0.6) is 0 Å². The summed E-state index contributed by atoms with van der Waals surface area (Å²) in [5.74, 6) is -0.0928. The first-order valence-corrected chi connectivity index (χ1v) is 4.35. The molecule has 0 fully saturated rings. The first-order chi connectivity index (χ1) is 6.95. The third-order valence-electron chi connectivity index (χ3n) is 2.04. The zero-order valence-electron chi connectivity index (χ0n) is 8.04. The van der Waals surface area contributed by atoms with E-state index in [1.165, 1.54) is 12.3 Å². The zero-order valence-corrected chi connectivity index (χ0v) is 8.04. The fourth-order valence-corrected chi connectivity index (χ4v) is 1.12. The van der Waals surface area contributed by atoms with Crippen LogP contribution in [-0.4, -0.2) is 4.98 Å². The lowest BCUT2D eigenvalue weighted by Crippen LogP contribution is -2.08. The summed E-state index contributed by atoms with van der Waals surface area (Å²) >= 11 is 0. The van der Waals surface area contributed by atoms with Crippen molar-refractivity contribution in [2.45, 2.75) is 25.4 Å². The van der Waals surface area contributed by atoms with Gasteiger partial charge in [-0.05, 0) is 17.5 Å². The van der Waals surface area contributed by atoms with Crippen LogP contribution < -0.4 is 0 Å². The minimum Gasteiger partial charge on any atom is -0.251 e. The molecule has 0 aliphatic rings. The molecule has 5 heteroatoms. The summed E-state index contributed by atoms with van der Waals surface area (Å²) in [6.07, 6.45) is -2.96. The van der Waals surface area contributed by atoms with Crippen molar-refractivity contribution in [2.75, 3.05) is 0 Å². The van der Waals surface area contributed by atoms with Crippen molar-refractivity contribution in [2.24, 2.45) is 0 Å². The van der Waals surface area contributed by atoms with E-state index in [1.54, 1.807) is 6.92 Å². The minimum absolute atomic E-state index is 0.0928. The van der Waals surface area contributed by atoms with Gasteiger partial charge in [0.05, 0.1) is 6.07 Å². The Labute approximate surface area is 85.4 Å². The first-order valence-electron chi connectivity index (χ1n) is 4.35. The van der Waals surface area contributed by atoms with Crippen molar-refractivity contribution in [1.82, 2.24) is 4.98 Å². The molecule has 0 aliphatic heterocycles. The molecule has 0 amide bonds. The van der Waals surface area contributed by atoms with Crippen molar-refractivity contribution in [1.29, 1.82) is 5.26 Å². The summed E-state index contributed by atoms with van der Waals surface area (Å²) in [7, 11) is 0. The van der Waals surface area contributed by atoms with Crippen molar-refractivity contribution in [3.05, 3.63) is 29.6 Å². The van der Waals surface area contributed by atoms with Gasteiger partial charge in [0, 0.05) is 12.6 Å². The fraction of sp³-hybridized carbons (Fsp3) is 0.400. The lowest BCUT2D eigenvalue weighted by molar-refractivity contribution is -0.141. The number of nitriles is 1. The predicted octanol–water partition coefficient (Wildman–Crippen LogP) is 3.12. The van der Waals surface area contributed by atoms with Crippen LogP contribution in [0.2, 0.25) is 0 Å². The molecule has 0 saturated heterocycles. The van der Waals surface area contributed by atoms with Gasteiger partial charge >= 0.3 is 6.18 Å². The highest BCUT2D eigenvalue weighted by Gasteiger charge is 2.32. The molecule has 0 N–H and O–H groups in total. The average molecular weight is 214 g/mol. The number of hydrogen-bond donors (Lipinski definition) is 0. The molecule has 1 unspecified atom stereocenters. The predicted molar refractivity (Wildman–Crippen MR) is 47.9 cm³/mol. The largest absolute Gasteiger partial charge is 0.433 e. The van der Waals surface area contributed by atoms with Crippen molar-refractivity contribution < 1.29 is 13.2 Å². The summed E-state index contributed by atoms with van der Waals surface area (Å²) in [5, 5.41) is 8.43. The number of pyridine rings is 1. The molecule has 1 rings (SSSR count). The molecule has 0 aromatic carbocycles. The standard InChI is InChI=1S/C10H9F3N2/c1-7(4-5-14)8-2-3-9(15-6-8)10(11,12)13/h2-3,6-7H,4H2,1H3. The Hall–Kier alpha value is -1.57. The van der Waals surface area contributed by atoms with Crippen LogP contribution in [0.4, 0.5) is 13.2 Å². The van der Waals surface area contributed by atoms with Crippen LogP contribution in [0.1, 0.15) is 30.5 Å². The number of alkyl halides is 3. The summed E-state index contributed by atoms with van der Waals surface area (Å²) < 4.78 is 36.5. The molecule has 0 saturated carbocycles. The number of hydrogen-bond acceptors (Lipinski definition) is 2. The van der Waals surface area contributed by atoms with Crippen LogP contribution in [0, 0.1) is 11.3 Å². The van der Waals surface area contributed by atoms with Gasteiger partial charge in [0.25, 0.3) is 0 Å². The van der Waals surface area contributed by atoms with Crippen molar-refractivity contribution >= 4 is 0 Å². The Morgan fingerprint density at radius 2 is 2.13 bits per heavy atom. The van der Waals surface area contributed by atoms with E-state index in [1.807, 2.05) is 6.07 Å². The van der Waals surface area contributed by atoms with E-state index in [-0.39, 0.29) is 12.3 Å². The van der Waals surface area contributed by atoms with Crippen LogP contribution >= 0.6 is 0 Å². The lowest BCUT2D eigenvalue weighted by atomic mass is 10.0. The fourth-order valence-electron chi connectivity index (χ4n) is 1.12. The molecule has 2 nitrogen and oxygen atoms in total. The maximum Gasteiger partial charge on any atom is 0.433 e. The maximum atomic E-state index is 12.2. The topological polar surface area (TPSA) is 36.7 Å². The van der Waals surface area contributed by atoms with Crippen LogP contribution in [0.15, 0.2) is 18.3 Å². The molecule has 1 heterocycles. The van der Waals surface area contributed by atoms with Gasteiger partial charge in [-0.3, -0.25) is 4.98 Å². The second kappa shape index (κ2) is 4.30. The lowest BCUT2D eigenvalue weighted by Gasteiger charge is -2.09. The minimum atomic E-state index is -4.41. The quantitative estimate of drug-likeness (QED) is 0.758. The van der Waals surface area contributed by atoms with Gasteiger partial charge in [-0.25, -0.2) is 0 Å². The highest BCUT2D eigenvalue weighted by molar-refractivity contribution is 5.19. The number of aromatic nitrogens is 1. The Kier molecular flexibility index (Phi) is 3.30. The second-order valence-electron chi connectivity index (χ2n) is 3.24. The van der Waals surface area contributed by atoms with Crippen LogP contribution in [0.25, 0.3) is 0 Å². The highest BCUT2D eigenvalue weighted by atomic mass is 19.4. The van der Waals surface area contributed by atoms with Crippen molar-refractivity contribution in [3.8, 4) is 6.07 Å². The number of rotatable bonds is 2. The molecule has 80 valence electrons. The van der Waals surface area contributed by atoms with Gasteiger partial charge in [0.1, 0.15) is 5.69 Å². The average Bonchev–Trinajstić information content (AvgIpc) is 2.17. The highest BCUT2D eigenvalue weighted by Crippen LogP contribution is 2.28. The Bertz CT molecular complexity index is 362. The van der Waals surface area contributed by atoms with Crippen LogP contribution in [0.3, 0.4) is 0 Å². The normalized spacial score (nSPS) is 13.3. The Morgan fingerprint density at radius 3 is 2.53 bits per heavy atom. The third kappa shape index (κ3) is 2.94. The monoisotopic (exact) mass is 214 g/mol. The number of halogens is 3. The summed E-state index contributed by atoms with van der Waals surface area (Å²) in [4.78, 5) is 3.32. The molecular formula is C10H9F3N2. The molecular weight excluding hydrogens is 205 g/mol. The van der Waals surface area contributed by atoms with Gasteiger partial charge in [0.15, 0.2) is 0 Å². The van der Waals surface area contributed by atoms with E-state index in [0.717, 1.165) is 6.07 Å². The smallest absolute Gasteiger partial charge is 0.251 e. The van der Waals surface area contributed by atoms with E-state index < -0.39 is 11.9 Å². The third-order valence-corrected chi connectivity index (χ3v) is 2.04. The summed E-state index contributed by atoms with van der Waals surface area (Å²) in [6.45, 7) is 1.77. The molecule has 0 aliphatic carbocycles. The first kappa shape index (κ1) is 11.5. The molecule has 15 heavy (non-hydrogen) atoms. The summed E-state index contributed by atoms with van der Waals surface area (Å²) in [5.41, 5.74) is -0.264. The Balaban J connectivity index is 2.87. The molecule has 1 atom stereocenters. The van der Waals surface area contributed by atoms with Gasteiger partial charge in [0.2, 0.25) is 0 Å². The van der Waals surface area contributed by atoms with Gasteiger partial charge < -0.3 is 0 Å². The summed E-state index contributed by atoms with van der Waals surface area (Å²) in [6, 6.07) is 4.25. The molecule has 0 bridgehead atoms. The molecule has 1 aromatic heterocycles. The molecule has 0 spiro atoms. The maximum absolute atomic E-state index is 12.2. The zero-order chi connectivity index (χ0) is 11.5. The van der Waals surface area contributed by atoms with Gasteiger partial charge in [-0.15, -0.1) is 0 Å². The van der Waals surface area contributed by atoms with E-state index in [2.05, 4.69) is 4.98 Å². The van der Waals surface area contributed by atoms with Gasteiger partial charge in [-0.1, -0.05) is 13.0 Å². The van der Waals surface area contributed by atoms with E-state index in [9.17, 15) is 13.2 Å². The van der Waals surface area contributed by atoms with E-state index in [0.29, 0.717) is 5.56 Å². The van der Waals surface area contributed by atoms with E-state index in [4.69, 9.17) is 5.26 Å². The van der Waals surface area contributed by atoms with Crippen molar-refractivity contribution in [3.63, 3.8) is 0 Å². The molecule has 1 aromatic rings. The molecule has 0 radical (unpaired) electrons.